The number of thioether (sulfide) groups is 1. The fourth-order valence-corrected chi connectivity index (χ4v) is 2.95. The van der Waals surface area contributed by atoms with E-state index < -0.39 is 5.97 Å². The molecule has 0 bridgehead atoms. The van der Waals surface area contributed by atoms with Gasteiger partial charge < -0.3 is 13.6 Å². The minimum atomic E-state index is -0.500. The topological polar surface area (TPSA) is 78.4 Å². The molecule has 3 rings (SSSR count). The first-order chi connectivity index (χ1) is 12.4. The molecule has 7 heteroatoms. The van der Waals surface area contributed by atoms with Crippen molar-refractivity contribution in [3.8, 4) is 11.5 Å². The number of carbonyl (C=O) groups is 1. The number of aromatic nitrogens is 2. The second kappa shape index (κ2) is 7.37. The highest BCUT2D eigenvalue weighted by Crippen LogP contribution is 2.28. The van der Waals surface area contributed by atoms with E-state index in [0.29, 0.717) is 22.6 Å². The van der Waals surface area contributed by atoms with Crippen molar-refractivity contribution >= 4 is 17.7 Å². The Bertz CT molecular complexity index is 891. The first-order valence-electron chi connectivity index (χ1n) is 8.11. The highest BCUT2D eigenvalue weighted by Gasteiger charge is 2.16. The maximum Gasteiger partial charge on any atom is 0.373 e. The summed E-state index contributed by atoms with van der Waals surface area (Å²) in [5.74, 6) is 1.25. The van der Waals surface area contributed by atoms with Gasteiger partial charge in [0, 0.05) is 5.56 Å². The van der Waals surface area contributed by atoms with E-state index in [0.717, 1.165) is 5.56 Å². The lowest BCUT2D eigenvalue weighted by molar-refractivity contribution is 0.0563. The minimum absolute atomic E-state index is 0.0977. The summed E-state index contributed by atoms with van der Waals surface area (Å²) in [6.45, 7) is 6.51. The van der Waals surface area contributed by atoms with Gasteiger partial charge in [0.15, 0.2) is 0 Å². The number of ether oxygens (including phenoxy) is 1. The van der Waals surface area contributed by atoms with Crippen molar-refractivity contribution in [2.45, 2.75) is 37.2 Å². The lowest BCUT2D eigenvalue weighted by Gasteiger charge is -2.18. The second-order valence-corrected chi connectivity index (χ2v) is 7.67. The summed E-state index contributed by atoms with van der Waals surface area (Å²) < 4.78 is 15.7. The fraction of sp³-hybridized carbons (Fsp3) is 0.316. The number of hydrogen-bond donors (Lipinski definition) is 0. The molecule has 2 heterocycles. The van der Waals surface area contributed by atoms with E-state index in [2.05, 4.69) is 47.8 Å². The number of rotatable bonds is 5. The van der Waals surface area contributed by atoms with Gasteiger partial charge in [-0.15, -0.1) is 10.2 Å². The summed E-state index contributed by atoms with van der Waals surface area (Å²) in [6, 6.07) is 11.4. The predicted octanol–water partition coefficient (Wildman–Crippen LogP) is 4.71. The van der Waals surface area contributed by atoms with Crippen molar-refractivity contribution in [3.63, 3.8) is 0 Å². The zero-order valence-corrected chi connectivity index (χ0v) is 15.9. The van der Waals surface area contributed by atoms with Crippen LogP contribution in [0.25, 0.3) is 11.5 Å². The standard InChI is InChI=1S/C19H20N2O4S/c1-19(2,3)13-7-5-12(6-8-13)16-20-21-18(25-16)26-11-14-9-10-15(24-14)17(22)23-4/h5-10H,11H2,1-4H3. The summed E-state index contributed by atoms with van der Waals surface area (Å²) in [5, 5.41) is 8.59. The Hall–Kier alpha value is -2.54. The average Bonchev–Trinajstić information content (AvgIpc) is 3.28. The number of carbonyl (C=O) groups excluding carboxylic acids is 1. The van der Waals surface area contributed by atoms with Crippen LogP contribution in [0.2, 0.25) is 0 Å². The van der Waals surface area contributed by atoms with Gasteiger partial charge >= 0.3 is 5.97 Å². The first-order valence-corrected chi connectivity index (χ1v) is 9.09. The second-order valence-electron chi connectivity index (χ2n) is 6.75. The van der Waals surface area contributed by atoms with Crippen molar-refractivity contribution in [2.75, 3.05) is 7.11 Å². The number of benzene rings is 1. The van der Waals surface area contributed by atoms with Crippen molar-refractivity contribution in [1.82, 2.24) is 10.2 Å². The summed E-state index contributed by atoms with van der Waals surface area (Å²) in [4.78, 5) is 11.4. The molecular weight excluding hydrogens is 352 g/mol. The molecule has 6 nitrogen and oxygen atoms in total. The Kier molecular flexibility index (Phi) is 5.18. The highest BCUT2D eigenvalue weighted by molar-refractivity contribution is 7.98. The van der Waals surface area contributed by atoms with Crippen LogP contribution in [0.1, 0.15) is 42.6 Å². The third-order valence-corrected chi connectivity index (χ3v) is 4.63. The number of esters is 1. The quantitative estimate of drug-likeness (QED) is 0.474. The lowest BCUT2D eigenvalue weighted by Crippen LogP contribution is -2.10. The smallest absolute Gasteiger partial charge is 0.373 e. The Morgan fingerprint density at radius 3 is 2.46 bits per heavy atom. The van der Waals surface area contributed by atoms with E-state index in [4.69, 9.17) is 8.83 Å². The van der Waals surface area contributed by atoms with Crippen LogP contribution < -0.4 is 0 Å². The van der Waals surface area contributed by atoms with Crippen LogP contribution in [0, 0.1) is 0 Å². The van der Waals surface area contributed by atoms with Gasteiger partial charge in [-0.3, -0.25) is 0 Å². The fourth-order valence-electron chi connectivity index (χ4n) is 2.30. The molecule has 0 saturated carbocycles. The van der Waals surface area contributed by atoms with Crippen molar-refractivity contribution in [1.29, 1.82) is 0 Å². The van der Waals surface area contributed by atoms with Gasteiger partial charge in [-0.2, -0.15) is 0 Å². The Labute approximate surface area is 155 Å². The van der Waals surface area contributed by atoms with Crippen LogP contribution in [0.4, 0.5) is 0 Å². The van der Waals surface area contributed by atoms with Gasteiger partial charge in [-0.25, -0.2) is 4.79 Å². The summed E-state index contributed by atoms with van der Waals surface area (Å²) in [7, 11) is 1.31. The molecule has 0 atom stereocenters. The monoisotopic (exact) mass is 372 g/mol. The molecule has 136 valence electrons. The van der Waals surface area contributed by atoms with E-state index in [9.17, 15) is 4.79 Å². The molecule has 0 N–H and O–H groups in total. The minimum Gasteiger partial charge on any atom is -0.463 e. The van der Waals surface area contributed by atoms with Crippen molar-refractivity contribution < 1.29 is 18.4 Å². The number of nitrogens with zero attached hydrogens (tertiary/aromatic N) is 2. The molecule has 0 amide bonds. The molecule has 0 spiro atoms. The maximum atomic E-state index is 11.4. The van der Waals surface area contributed by atoms with Crippen LogP contribution in [-0.4, -0.2) is 23.3 Å². The molecule has 0 aliphatic carbocycles. The number of furan rings is 1. The normalized spacial score (nSPS) is 11.5. The Morgan fingerprint density at radius 1 is 1.08 bits per heavy atom. The zero-order chi connectivity index (χ0) is 18.7. The summed E-state index contributed by atoms with van der Waals surface area (Å²) >= 11 is 1.34. The van der Waals surface area contributed by atoms with E-state index >= 15 is 0 Å². The zero-order valence-electron chi connectivity index (χ0n) is 15.1. The van der Waals surface area contributed by atoms with Gasteiger partial charge in [0.25, 0.3) is 5.22 Å². The first kappa shape index (κ1) is 18.3. The Morgan fingerprint density at radius 2 is 1.81 bits per heavy atom. The molecule has 3 aromatic rings. The Balaban J connectivity index is 1.64. The van der Waals surface area contributed by atoms with Gasteiger partial charge in [-0.1, -0.05) is 44.7 Å². The van der Waals surface area contributed by atoms with E-state index in [1.54, 1.807) is 12.1 Å². The predicted molar refractivity (Wildman–Crippen MR) is 98.0 cm³/mol. The average molecular weight is 372 g/mol. The van der Waals surface area contributed by atoms with Crippen LogP contribution >= 0.6 is 11.8 Å². The van der Waals surface area contributed by atoms with Gasteiger partial charge in [-0.05, 0) is 35.2 Å². The number of methoxy groups -OCH3 is 1. The maximum absolute atomic E-state index is 11.4. The lowest BCUT2D eigenvalue weighted by atomic mass is 9.87. The number of hydrogen-bond acceptors (Lipinski definition) is 7. The molecule has 0 unspecified atom stereocenters. The summed E-state index contributed by atoms with van der Waals surface area (Å²) in [6.07, 6.45) is 0. The van der Waals surface area contributed by atoms with E-state index in [1.165, 1.54) is 24.4 Å². The SMILES string of the molecule is COC(=O)c1ccc(CSc2nnc(-c3ccc(C(C)(C)C)cc3)o2)o1. The van der Waals surface area contributed by atoms with E-state index in [1.807, 2.05) is 12.1 Å². The van der Waals surface area contributed by atoms with Crippen LogP contribution in [-0.2, 0) is 15.9 Å². The van der Waals surface area contributed by atoms with Crippen LogP contribution in [0.15, 0.2) is 50.5 Å². The van der Waals surface area contributed by atoms with Gasteiger partial charge in [0.1, 0.15) is 5.76 Å². The molecule has 26 heavy (non-hydrogen) atoms. The third kappa shape index (κ3) is 4.16. The van der Waals surface area contributed by atoms with Gasteiger partial charge in [0.2, 0.25) is 11.7 Å². The molecular formula is C19H20N2O4S. The van der Waals surface area contributed by atoms with E-state index in [-0.39, 0.29) is 11.2 Å². The van der Waals surface area contributed by atoms with Gasteiger partial charge in [0.05, 0.1) is 12.9 Å². The molecule has 0 radical (unpaired) electrons. The van der Waals surface area contributed by atoms with Crippen molar-refractivity contribution in [3.05, 3.63) is 53.5 Å². The molecule has 2 aromatic heterocycles. The molecule has 0 saturated heterocycles. The third-order valence-electron chi connectivity index (χ3n) is 3.79. The van der Waals surface area contributed by atoms with Crippen LogP contribution in [0.5, 0.6) is 0 Å². The molecule has 0 aliphatic rings. The largest absolute Gasteiger partial charge is 0.463 e. The van der Waals surface area contributed by atoms with Crippen molar-refractivity contribution in [2.24, 2.45) is 0 Å². The molecule has 1 aromatic carbocycles. The summed E-state index contributed by atoms with van der Waals surface area (Å²) in [5.41, 5.74) is 2.22. The molecule has 0 fully saturated rings. The highest BCUT2D eigenvalue weighted by atomic mass is 32.2. The molecule has 0 aliphatic heterocycles. The van der Waals surface area contributed by atoms with Crippen LogP contribution in [0.3, 0.4) is 0 Å².